The fraction of sp³-hybridized carbons (Fsp3) is 0.273. The molecule has 0 bridgehead atoms. The molecule has 1 aliphatic rings. The van der Waals surface area contributed by atoms with Crippen LogP contribution in [0.3, 0.4) is 0 Å². The monoisotopic (exact) mass is 331 g/mol. The Hall–Kier alpha value is -2.86. The number of aryl methyl sites for hydroxylation is 2. The van der Waals surface area contributed by atoms with Crippen molar-refractivity contribution in [3.05, 3.63) is 70.2 Å². The van der Waals surface area contributed by atoms with Gasteiger partial charge < -0.3 is 4.74 Å². The van der Waals surface area contributed by atoms with E-state index in [1.807, 2.05) is 44.2 Å². The molecule has 0 aliphatic heterocycles. The van der Waals surface area contributed by atoms with E-state index in [1.165, 1.54) is 0 Å². The molecule has 3 heteroatoms. The van der Waals surface area contributed by atoms with Crippen LogP contribution in [0.5, 0.6) is 0 Å². The predicted molar refractivity (Wildman–Crippen MR) is 98.8 cm³/mol. The van der Waals surface area contributed by atoms with Gasteiger partial charge in [0.25, 0.3) is 0 Å². The zero-order valence-corrected chi connectivity index (χ0v) is 14.8. The Morgan fingerprint density at radius 3 is 2.56 bits per heavy atom. The van der Waals surface area contributed by atoms with Gasteiger partial charge in [-0.3, -0.25) is 9.78 Å². The summed E-state index contributed by atoms with van der Waals surface area (Å²) in [7, 11) is 1.63. The molecule has 0 saturated carbocycles. The number of ketones is 1. The van der Waals surface area contributed by atoms with E-state index >= 15 is 0 Å². The van der Waals surface area contributed by atoms with Crippen molar-refractivity contribution in [2.24, 2.45) is 5.92 Å². The summed E-state index contributed by atoms with van der Waals surface area (Å²) in [4.78, 5) is 17.5. The highest BCUT2D eigenvalue weighted by molar-refractivity contribution is 6.25. The highest BCUT2D eigenvalue weighted by Crippen LogP contribution is 2.39. The van der Waals surface area contributed by atoms with Gasteiger partial charge in [-0.2, -0.15) is 0 Å². The van der Waals surface area contributed by atoms with Crippen molar-refractivity contribution in [3.63, 3.8) is 0 Å². The highest BCUT2D eigenvalue weighted by Gasteiger charge is 2.36. The molecule has 25 heavy (non-hydrogen) atoms. The molecule has 1 unspecified atom stereocenters. The van der Waals surface area contributed by atoms with Crippen molar-refractivity contribution in [2.45, 2.75) is 26.7 Å². The first-order chi connectivity index (χ1) is 12.0. The number of methoxy groups -OCH3 is 1. The molecular weight excluding hydrogens is 310 g/mol. The second kappa shape index (κ2) is 6.94. The minimum Gasteiger partial charge on any atom is -0.500 e. The van der Waals surface area contributed by atoms with Gasteiger partial charge in [0.2, 0.25) is 0 Å². The maximum Gasteiger partial charge on any atom is 0.170 e. The van der Waals surface area contributed by atoms with Gasteiger partial charge in [-0.25, -0.2) is 0 Å². The summed E-state index contributed by atoms with van der Waals surface area (Å²) in [5.74, 6) is 3.41. The molecule has 1 aromatic carbocycles. The number of ether oxygens (including phenoxy) is 1. The molecule has 0 spiro atoms. The molecule has 3 nitrogen and oxygen atoms in total. The molecule has 2 aromatic rings. The number of benzene rings is 1. The quantitative estimate of drug-likeness (QED) is 0.799. The van der Waals surface area contributed by atoms with Gasteiger partial charge in [0.1, 0.15) is 5.76 Å². The first-order valence-corrected chi connectivity index (χ1v) is 8.34. The molecule has 0 N–H and O–H groups in total. The normalized spacial score (nSPS) is 16.9. The van der Waals surface area contributed by atoms with Gasteiger partial charge in [0.15, 0.2) is 5.78 Å². The maximum absolute atomic E-state index is 13.1. The molecular formula is C22H21NO2. The van der Waals surface area contributed by atoms with E-state index in [-0.39, 0.29) is 11.7 Å². The highest BCUT2D eigenvalue weighted by atomic mass is 16.5. The molecule has 1 aliphatic carbocycles. The van der Waals surface area contributed by atoms with Gasteiger partial charge in [-0.15, -0.1) is 6.42 Å². The lowest BCUT2D eigenvalue weighted by Crippen LogP contribution is -2.14. The number of Topliss-reactive ketones (excluding diaryl/α,β-unsaturated/α-hetero) is 1. The summed E-state index contributed by atoms with van der Waals surface area (Å²) in [5, 5.41) is 0. The Labute approximate surface area is 148 Å². The van der Waals surface area contributed by atoms with E-state index in [2.05, 4.69) is 10.9 Å². The average Bonchev–Trinajstić information content (AvgIpc) is 2.91. The average molecular weight is 331 g/mol. The Kier molecular flexibility index (Phi) is 4.72. The number of carbonyl (C=O) groups excluding carboxylic acids is 1. The summed E-state index contributed by atoms with van der Waals surface area (Å²) in [5.41, 5.74) is 5.41. The fourth-order valence-electron chi connectivity index (χ4n) is 3.59. The van der Waals surface area contributed by atoms with Crippen molar-refractivity contribution >= 4 is 11.4 Å². The molecule has 0 radical (unpaired) electrons. The van der Waals surface area contributed by atoms with Crippen LogP contribution in [0.1, 0.15) is 34.4 Å². The minimum atomic E-state index is -0.133. The predicted octanol–water partition coefficient (Wildman–Crippen LogP) is 3.87. The lowest BCUT2D eigenvalue weighted by molar-refractivity contribution is -0.116. The first-order valence-electron chi connectivity index (χ1n) is 8.34. The van der Waals surface area contributed by atoms with Crippen molar-refractivity contribution in [2.75, 3.05) is 7.11 Å². The molecule has 0 amide bonds. The Bertz CT molecular complexity index is 865. The Morgan fingerprint density at radius 1 is 1.28 bits per heavy atom. The van der Waals surface area contributed by atoms with Crippen LogP contribution < -0.4 is 0 Å². The summed E-state index contributed by atoms with van der Waals surface area (Å²) < 4.78 is 5.58. The minimum absolute atomic E-state index is 0.127. The van der Waals surface area contributed by atoms with Gasteiger partial charge >= 0.3 is 0 Å². The Balaban J connectivity index is 1.98. The SMILES string of the molecule is C#Cc1cc(C)c(C2=C(OC)CC(Cc3ccccn3)C2=O)c(C)c1. The number of pyridine rings is 1. The number of hydrogen-bond donors (Lipinski definition) is 0. The molecule has 0 saturated heterocycles. The maximum atomic E-state index is 13.1. The topological polar surface area (TPSA) is 39.2 Å². The lowest BCUT2D eigenvalue weighted by atomic mass is 9.89. The zero-order chi connectivity index (χ0) is 18.0. The molecule has 1 aromatic heterocycles. The zero-order valence-electron chi connectivity index (χ0n) is 14.8. The smallest absolute Gasteiger partial charge is 0.170 e. The molecule has 1 atom stereocenters. The third-order valence-electron chi connectivity index (χ3n) is 4.71. The van der Waals surface area contributed by atoms with Crippen LogP contribution in [0, 0.1) is 32.1 Å². The van der Waals surface area contributed by atoms with Crippen LogP contribution in [-0.2, 0) is 16.0 Å². The molecule has 126 valence electrons. The van der Waals surface area contributed by atoms with Crippen molar-refractivity contribution in [1.82, 2.24) is 4.98 Å². The van der Waals surface area contributed by atoms with E-state index in [9.17, 15) is 4.79 Å². The number of carbonyl (C=O) groups is 1. The van der Waals surface area contributed by atoms with Gasteiger partial charge in [-0.1, -0.05) is 12.0 Å². The Morgan fingerprint density at radius 2 is 2.00 bits per heavy atom. The summed E-state index contributed by atoms with van der Waals surface area (Å²) in [6.45, 7) is 3.98. The van der Waals surface area contributed by atoms with Crippen LogP contribution in [0.25, 0.3) is 5.57 Å². The van der Waals surface area contributed by atoms with Crippen molar-refractivity contribution < 1.29 is 9.53 Å². The van der Waals surface area contributed by atoms with E-state index in [0.717, 1.165) is 33.7 Å². The number of aromatic nitrogens is 1. The number of terminal acetylenes is 1. The second-order valence-electron chi connectivity index (χ2n) is 6.42. The summed E-state index contributed by atoms with van der Waals surface area (Å²) >= 11 is 0. The second-order valence-corrected chi connectivity index (χ2v) is 6.42. The third kappa shape index (κ3) is 3.21. The third-order valence-corrected chi connectivity index (χ3v) is 4.71. The fourth-order valence-corrected chi connectivity index (χ4v) is 3.59. The van der Waals surface area contributed by atoms with Crippen LogP contribution in [0.15, 0.2) is 42.3 Å². The van der Waals surface area contributed by atoms with Crippen LogP contribution in [0.2, 0.25) is 0 Å². The number of nitrogens with zero attached hydrogens (tertiary/aromatic N) is 1. The lowest BCUT2D eigenvalue weighted by Gasteiger charge is -2.13. The standard InChI is InChI=1S/C22H21NO2/c1-5-16-10-14(2)20(15(3)11-16)21-19(25-4)13-17(22(21)24)12-18-8-6-7-9-23-18/h1,6-11,17H,12-13H2,2-4H3. The van der Waals surface area contributed by atoms with E-state index in [1.54, 1.807) is 13.3 Å². The van der Waals surface area contributed by atoms with Crippen LogP contribution in [-0.4, -0.2) is 17.9 Å². The first kappa shape index (κ1) is 17.0. The van der Waals surface area contributed by atoms with Crippen LogP contribution in [0.4, 0.5) is 0 Å². The van der Waals surface area contributed by atoms with Crippen LogP contribution >= 0.6 is 0 Å². The summed E-state index contributed by atoms with van der Waals surface area (Å²) in [6, 6.07) is 9.67. The molecule has 3 rings (SSSR count). The van der Waals surface area contributed by atoms with Crippen molar-refractivity contribution in [3.8, 4) is 12.3 Å². The number of hydrogen-bond acceptors (Lipinski definition) is 3. The van der Waals surface area contributed by atoms with E-state index in [0.29, 0.717) is 18.4 Å². The van der Waals surface area contributed by atoms with Crippen molar-refractivity contribution in [1.29, 1.82) is 0 Å². The van der Waals surface area contributed by atoms with Gasteiger partial charge in [0.05, 0.1) is 12.7 Å². The summed E-state index contributed by atoms with van der Waals surface area (Å²) in [6.07, 6.45) is 8.51. The molecule has 0 fully saturated rings. The molecule has 1 heterocycles. The van der Waals surface area contributed by atoms with E-state index in [4.69, 9.17) is 11.2 Å². The van der Waals surface area contributed by atoms with E-state index < -0.39 is 0 Å². The number of rotatable bonds is 4. The van der Waals surface area contributed by atoms with Gasteiger partial charge in [0, 0.05) is 36.2 Å². The largest absolute Gasteiger partial charge is 0.500 e. The number of allylic oxidation sites excluding steroid dienone is 2. The van der Waals surface area contributed by atoms with Gasteiger partial charge in [-0.05, 0) is 54.8 Å².